The van der Waals surface area contributed by atoms with Gasteiger partial charge in [0.05, 0.1) is 12.6 Å². The molecule has 1 unspecified atom stereocenters. The van der Waals surface area contributed by atoms with Crippen LogP contribution in [0.5, 0.6) is 5.75 Å². The molecule has 0 spiro atoms. The zero-order valence-corrected chi connectivity index (χ0v) is 13.8. The zero-order valence-electron chi connectivity index (χ0n) is 13.8. The number of nitrogens with one attached hydrogen (secondary N) is 1. The maximum absolute atomic E-state index is 11.3. The van der Waals surface area contributed by atoms with E-state index in [1.54, 1.807) is 0 Å². The minimum Gasteiger partial charge on any atom is -0.493 e. The topological polar surface area (TPSA) is 64.3 Å². The average Bonchev–Trinajstić information content (AvgIpc) is 2.38. The third-order valence-corrected chi connectivity index (χ3v) is 3.50. The molecule has 0 aliphatic rings. The van der Waals surface area contributed by atoms with E-state index >= 15 is 0 Å². The molecule has 4 nitrogen and oxygen atoms in total. The van der Waals surface area contributed by atoms with Gasteiger partial charge in [-0.3, -0.25) is 4.79 Å². The maximum Gasteiger partial charge on any atom is 0.234 e. The summed E-state index contributed by atoms with van der Waals surface area (Å²) in [5, 5.41) is 3.06. The van der Waals surface area contributed by atoms with E-state index in [0.717, 1.165) is 11.3 Å². The summed E-state index contributed by atoms with van der Waals surface area (Å²) in [5.74, 6) is 0.531. The Morgan fingerprint density at radius 3 is 2.52 bits per heavy atom. The van der Waals surface area contributed by atoms with E-state index in [2.05, 4.69) is 38.2 Å². The van der Waals surface area contributed by atoms with Gasteiger partial charge in [0.2, 0.25) is 5.91 Å². The number of carbonyl (C=O) groups is 1. The van der Waals surface area contributed by atoms with Gasteiger partial charge in [-0.1, -0.05) is 39.8 Å². The number of likely N-dealkylation sites (N-methyl/N-ethyl adjacent to an activating group) is 1. The van der Waals surface area contributed by atoms with Crippen LogP contribution < -0.4 is 15.8 Å². The fraction of sp³-hybridized carbons (Fsp3) is 0.588. The molecule has 0 fully saturated rings. The maximum atomic E-state index is 11.3. The molecule has 0 radical (unpaired) electrons. The van der Waals surface area contributed by atoms with Crippen molar-refractivity contribution in [1.82, 2.24) is 5.32 Å². The Balaban J connectivity index is 2.62. The highest BCUT2D eigenvalue weighted by Gasteiger charge is 2.16. The van der Waals surface area contributed by atoms with Crippen molar-refractivity contribution >= 4 is 5.91 Å². The van der Waals surface area contributed by atoms with Gasteiger partial charge in [0, 0.05) is 6.42 Å². The van der Waals surface area contributed by atoms with Crippen LogP contribution in [0.2, 0.25) is 0 Å². The second-order valence-electron chi connectivity index (χ2n) is 6.38. The summed E-state index contributed by atoms with van der Waals surface area (Å²) < 4.78 is 5.78. The van der Waals surface area contributed by atoms with E-state index in [9.17, 15) is 4.79 Å². The van der Waals surface area contributed by atoms with Crippen LogP contribution in [0, 0.1) is 6.92 Å². The summed E-state index contributed by atoms with van der Waals surface area (Å²) in [5.41, 5.74) is 7.87. The minimum absolute atomic E-state index is 0.130. The van der Waals surface area contributed by atoms with Crippen LogP contribution in [0.15, 0.2) is 18.2 Å². The van der Waals surface area contributed by atoms with Crippen molar-refractivity contribution in [2.45, 2.75) is 52.5 Å². The quantitative estimate of drug-likeness (QED) is 0.811. The van der Waals surface area contributed by atoms with Gasteiger partial charge in [0.25, 0.3) is 0 Å². The lowest BCUT2D eigenvalue weighted by atomic mass is 9.86. The lowest BCUT2D eigenvalue weighted by molar-refractivity contribution is -0.120. The number of rotatable bonds is 7. The van der Waals surface area contributed by atoms with Crippen LogP contribution in [0.1, 0.15) is 45.2 Å². The van der Waals surface area contributed by atoms with Crippen LogP contribution in [0.3, 0.4) is 0 Å². The van der Waals surface area contributed by atoms with Gasteiger partial charge in [-0.05, 0) is 36.1 Å². The fourth-order valence-corrected chi connectivity index (χ4v) is 2.16. The Morgan fingerprint density at radius 1 is 1.38 bits per heavy atom. The van der Waals surface area contributed by atoms with Gasteiger partial charge in [-0.25, -0.2) is 0 Å². The predicted octanol–water partition coefficient (Wildman–Crippen LogP) is 2.52. The van der Waals surface area contributed by atoms with Crippen molar-refractivity contribution in [3.8, 4) is 5.75 Å². The molecule has 0 saturated carbocycles. The Hall–Kier alpha value is -1.55. The molecule has 1 amide bonds. The highest BCUT2D eigenvalue weighted by atomic mass is 16.5. The Labute approximate surface area is 128 Å². The van der Waals surface area contributed by atoms with Gasteiger partial charge < -0.3 is 15.8 Å². The molecule has 118 valence electrons. The molecule has 1 atom stereocenters. The number of carbonyl (C=O) groups excluding carboxylic acids is 1. The molecule has 0 aromatic heterocycles. The first kappa shape index (κ1) is 17.5. The largest absolute Gasteiger partial charge is 0.493 e. The predicted molar refractivity (Wildman–Crippen MR) is 86.7 cm³/mol. The Kier molecular flexibility index (Phi) is 6.21. The standard InChI is InChI=1S/C17H28N2O2/c1-6-19-14(16(18)20)9-10-21-15-8-7-13(11-12(15)2)17(3,4)5/h7-8,11,14,19H,6,9-10H2,1-5H3,(H2,18,20). The number of amides is 1. The number of benzene rings is 1. The van der Waals surface area contributed by atoms with Crippen LogP contribution in [0.25, 0.3) is 0 Å². The Morgan fingerprint density at radius 2 is 2.05 bits per heavy atom. The summed E-state index contributed by atoms with van der Waals surface area (Å²) in [6.07, 6.45) is 0.573. The molecule has 21 heavy (non-hydrogen) atoms. The number of hydrogen-bond acceptors (Lipinski definition) is 3. The van der Waals surface area contributed by atoms with Crippen molar-refractivity contribution in [2.24, 2.45) is 5.73 Å². The van der Waals surface area contributed by atoms with Crippen LogP contribution in [-0.2, 0) is 10.2 Å². The normalized spacial score (nSPS) is 13.0. The summed E-state index contributed by atoms with van der Waals surface area (Å²) >= 11 is 0. The van der Waals surface area contributed by atoms with Gasteiger partial charge in [-0.15, -0.1) is 0 Å². The van der Waals surface area contributed by atoms with E-state index in [-0.39, 0.29) is 17.4 Å². The third kappa shape index (κ3) is 5.38. The first-order valence-electron chi connectivity index (χ1n) is 7.52. The molecule has 3 N–H and O–H groups in total. The first-order valence-corrected chi connectivity index (χ1v) is 7.52. The van der Waals surface area contributed by atoms with E-state index in [1.165, 1.54) is 5.56 Å². The van der Waals surface area contributed by atoms with Gasteiger partial charge in [0.15, 0.2) is 0 Å². The monoisotopic (exact) mass is 292 g/mol. The van der Waals surface area contributed by atoms with E-state index < -0.39 is 0 Å². The smallest absolute Gasteiger partial charge is 0.234 e. The molecule has 0 heterocycles. The van der Waals surface area contributed by atoms with E-state index in [4.69, 9.17) is 10.5 Å². The third-order valence-electron chi connectivity index (χ3n) is 3.50. The second-order valence-corrected chi connectivity index (χ2v) is 6.38. The van der Waals surface area contributed by atoms with Crippen molar-refractivity contribution < 1.29 is 9.53 Å². The molecule has 0 aliphatic heterocycles. The van der Waals surface area contributed by atoms with Crippen molar-refractivity contribution in [3.63, 3.8) is 0 Å². The number of primary amides is 1. The van der Waals surface area contributed by atoms with Crippen molar-refractivity contribution in [2.75, 3.05) is 13.2 Å². The molecule has 0 bridgehead atoms. The van der Waals surface area contributed by atoms with Crippen LogP contribution in [0.4, 0.5) is 0 Å². The van der Waals surface area contributed by atoms with Gasteiger partial charge >= 0.3 is 0 Å². The summed E-state index contributed by atoms with van der Waals surface area (Å²) in [6.45, 7) is 11.7. The van der Waals surface area contributed by atoms with Crippen LogP contribution in [-0.4, -0.2) is 25.1 Å². The average molecular weight is 292 g/mol. The van der Waals surface area contributed by atoms with Crippen molar-refractivity contribution in [1.29, 1.82) is 0 Å². The van der Waals surface area contributed by atoms with Crippen molar-refractivity contribution in [3.05, 3.63) is 29.3 Å². The summed E-state index contributed by atoms with van der Waals surface area (Å²) in [7, 11) is 0. The highest BCUT2D eigenvalue weighted by Crippen LogP contribution is 2.27. The van der Waals surface area contributed by atoms with Gasteiger partial charge in [-0.2, -0.15) is 0 Å². The van der Waals surface area contributed by atoms with E-state index in [0.29, 0.717) is 19.6 Å². The highest BCUT2D eigenvalue weighted by molar-refractivity contribution is 5.79. The number of aryl methyl sites for hydroxylation is 1. The number of nitrogens with two attached hydrogens (primary N) is 1. The number of ether oxygens (including phenoxy) is 1. The number of hydrogen-bond donors (Lipinski definition) is 2. The fourth-order valence-electron chi connectivity index (χ4n) is 2.16. The molecule has 0 saturated heterocycles. The summed E-state index contributed by atoms with van der Waals surface area (Å²) in [6, 6.07) is 5.93. The molecule has 1 rings (SSSR count). The lowest BCUT2D eigenvalue weighted by Gasteiger charge is -2.21. The zero-order chi connectivity index (χ0) is 16.0. The molecular weight excluding hydrogens is 264 g/mol. The van der Waals surface area contributed by atoms with E-state index in [1.807, 2.05) is 19.9 Å². The second kappa shape index (κ2) is 7.46. The molecule has 4 heteroatoms. The molecular formula is C17H28N2O2. The molecule has 0 aliphatic carbocycles. The molecule has 1 aromatic carbocycles. The lowest BCUT2D eigenvalue weighted by Crippen LogP contribution is -2.42. The van der Waals surface area contributed by atoms with Crippen LogP contribution >= 0.6 is 0 Å². The minimum atomic E-state index is -0.333. The first-order chi connectivity index (χ1) is 9.75. The van der Waals surface area contributed by atoms with Gasteiger partial charge in [0.1, 0.15) is 5.75 Å². The summed E-state index contributed by atoms with van der Waals surface area (Å²) in [4.78, 5) is 11.3. The Bertz CT molecular complexity index is 478. The molecule has 1 aromatic rings. The SMILES string of the molecule is CCNC(CCOc1ccc(C(C)(C)C)cc1C)C(N)=O.